The van der Waals surface area contributed by atoms with Crippen molar-refractivity contribution in [2.75, 3.05) is 6.54 Å². The van der Waals surface area contributed by atoms with Crippen LogP contribution in [0.25, 0.3) is 0 Å². The Balaban J connectivity index is 2.16. The van der Waals surface area contributed by atoms with Gasteiger partial charge in [0.15, 0.2) is 7.14 Å². The second-order valence-electron chi connectivity index (χ2n) is 5.48. The van der Waals surface area contributed by atoms with E-state index >= 15 is 0 Å². The van der Waals surface area contributed by atoms with Gasteiger partial charge in [0.25, 0.3) is 0 Å². The Labute approximate surface area is 130 Å². The highest BCUT2D eigenvalue weighted by molar-refractivity contribution is 7.79. The van der Waals surface area contributed by atoms with Crippen LogP contribution in [-0.2, 0) is 4.57 Å². The van der Waals surface area contributed by atoms with Crippen molar-refractivity contribution in [2.24, 2.45) is 5.73 Å². The van der Waals surface area contributed by atoms with E-state index in [1.54, 1.807) is 4.90 Å². The summed E-state index contributed by atoms with van der Waals surface area (Å²) in [5.41, 5.74) is 5.51. The third-order valence-electron chi connectivity index (χ3n) is 4.20. The van der Waals surface area contributed by atoms with Crippen LogP contribution in [0, 0.1) is 0 Å². The molecule has 2 amide bonds. The number of carbonyl (C=O) groups is 1. The van der Waals surface area contributed by atoms with Crippen molar-refractivity contribution in [3.8, 4) is 0 Å². The zero-order chi connectivity index (χ0) is 15.6. The summed E-state index contributed by atoms with van der Waals surface area (Å²) in [4.78, 5) is 13.3. The predicted octanol–water partition coefficient (Wildman–Crippen LogP) is 2.50. The summed E-state index contributed by atoms with van der Waals surface area (Å²) >= 11 is 0. The molecule has 114 valence electrons. The fraction of sp³-hybridized carbons (Fsp3) is 0.235. The van der Waals surface area contributed by atoms with E-state index in [-0.39, 0.29) is 5.78 Å². The van der Waals surface area contributed by atoms with Crippen LogP contribution in [0.5, 0.6) is 0 Å². The molecule has 22 heavy (non-hydrogen) atoms. The number of hydrogen-bond donors (Lipinski definition) is 1. The molecule has 5 heteroatoms. The lowest BCUT2D eigenvalue weighted by Crippen LogP contribution is -2.42. The van der Waals surface area contributed by atoms with E-state index in [9.17, 15) is 9.36 Å². The van der Waals surface area contributed by atoms with Crippen molar-refractivity contribution in [1.29, 1.82) is 0 Å². The normalized spacial score (nSPS) is 18.4. The molecule has 1 heterocycles. The minimum Gasteiger partial charge on any atom is -0.351 e. The summed E-state index contributed by atoms with van der Waals surface area (Å²) < 4.78 is 14.1. The maximum Gasteiger partial charge on any atom is 0.315 e. The fourth-order valence-electron chi connectivity index (χ4n) is 3.18. The summed E-state index contributed by atoms with van der Waals surface area (Å²) in [6.45, 7) is 0.573. The number of carbonyl (C=O) groups excluding carboxylic acids is 1. The lowest BCUT2D eigenvalue weighted by molar-refractivity contribution is 0.213. The number of amides is 2. The molecule has 1 unspecified atom stereocenters. The van der Waals surface area contributed by atoms with E-state index in [0.717, 1.165) is 17.0 Å². The Bertz CT molecular complexity index is 660. The zero-order valence-electron chi connectivity index (χ0n) is 12.3. The van der Waals surface area contributed by atoms with Gasteiger partial charge in [-0.3, -0.25) is 0 Å². The van der Waals surface area contributed by atoms with Crippen molar-refractivity contribution >= 4 is 23.8 Å². The van der Waals surface area contributed by atoms with Gasteiger partial charge in [-0.1, -0.05) is 60.7 Å². The van der Waals surface area contributed by atoms with E-state index in [2.05, 4.69) is 0 Å². The van der Waals surface area contributed by atoms with Gasteiger partial charge in [-0.05, 0) is 12.8 Å². The summed E-state index contributed by atoms with van der Waals surface area (Å²) in [6.07, 6.45) is 1.54. The first-order chi connectivity index (χ1) is 10.6. The monoisotopic (exact) mass is 314 g/mol. The van der Waals surface area contributed by atoms with Gasteiger partial charge in [0.05, 0.1) is 5.78 Å². The van der Waals surface area contributed by atoms with Crippen LogP contribution >= 0.6 is 7.14 Å². The number of benzene rings is 2. The Kier molecular flexibility index (Phi) is 4.04. The molecule has 1 atom stereocenters. The number of rotatable bonds is 3. The molecule has 2 aromatic rings. The molecule has 0 radical (unpaired) electrons. The van der Waals surface area contributed by atoms with Crippen molar-refractivity contribution < 1.29 is 9.36 Å². The molecule has 2 N–H and O–H groups in total. The summed E-state index contributed by atoms with van der Waals surface area (Å²) in [5.74, 6) is -0.352. The van der Waals surface area contributed by atoms with E-state index in [1.165, 1.54) is 0 Å². The maximum atomic E-state index is 14.1. The number of primary amides is 1. The molecule has 2 aromatic carbocycles. The average molecular weight is 314 g/mol. The highest BCUT2D eigenvalue weighted by Crippen LogP contribution is 2.53. The van der Waals surface area contributed by atoms with Crippen molar-refractivity contribution in [3.63, 3.8) is 0 Å². The van der Waals surface area contributed by atoms with Gasteiger partial charge in [-0.15, -0.1) is 0 Å². The number of likely N-dealkylation sites (tertiary alicyclic amines) is 1. The number of nitrogens with zero attached hydrogens (tertiary/aromatic N) is 1. The Morgan fingerprint density at radius 2 is 1.50 bits per heavy atom. The highest BCUT2D eigenvalue weighted by atomic mass is 31.2. The van der Waals surface area contributed by atoms with E-state index in [0.29, 0.717) is 13.0 Å². The van der Waals surface area contributed by atoms with E-state index in [1.807, 2.05) is 60.7 Å². The Hall–Kier alpha value is -2.06. The van der Waals surface area contributed by atoms with Gasteiger partial charge in [0.2, 0.25) is 0 Å². The molecular formula is C17H19N2O2P. The van der Waals surface area contributed by atoms with Crippen LogP contribution < -0.4 is 16.3 Å². The quantitative estimate of drug-likeness (QED) is 0.885. The first-order valence-corrected chi connectivity index (χ1v) is 9.18. The lowest BCUT2D eigenvalue weighted by atomic mass is 10.4. The second-order valence-corrected chi connectivity index (χ2v) is 8.43. The van der Waals surface area contributed by atoms with Crippen LogP contribution in [0.1, 0.15) is 12.8 Å². The smallest absolute Gasteiger partial charge is 0.315 e. The highest BCUT2D eigenvalue weighted by Gasteiger charge is 2.43. The summed E-state index contributed by atoms with van der Waals surface area (Å²) in [7, 11) is -2.96. The van der Waals surface area contributed by atoms with Gasteiger partial charge < -0.3 is 15.2 Å². The van der Waals surface area contributed by atoms with Crippen LogP contribution in [0.2, 0.25) is 0 Å². The first kappa shape index (κ1) is 14.9. The molecular weight excluding hydrogens is 295 g/mol. The first-order valence-electron chi connectivity index (χ1n) is 7.41. The lowest BCUT2D eigenvalue weighted by Gasteiger charge is -2.31. The predicted molar refractivity (Wildman–Crippen MR) is 89.1 cm³/mol. The van der Waals surface area contributed by atoms with E-state index in [4.69, 9.17) is 5.73 Å². The van der Waals surface area contributed by atoms with Crippen molar-refractivity contribution in [2.45, 2.75) is 18.6 Å². The van der Waals surface area contributed by atoms with Crippen LogP contribution in [0.3, 0.4) is 0 Å². The Morgan fingerprint density at radius 3 is 1.95 bits per heavy atom. The minimum absolute atomic E-state index is 0.352. The zero-order valence-corrected chi connectivity index (χ0v) is 13.2. The summed E-state index contributed by atoms with van der Waals surface area (Å²) in [6, 6.07) is 18.4. The molecule has 1 aliphatic rings. The third kappa shape index (κ3) is 2.44. The third-order valence-corrected chi connectivity index (χ3v) is 7.71. The van der Waals surface area contributed by atoms with Crippen molar-refractivity contribution in [3.05, 3.63) is 60.7 Å². The standard InChI is InChI=1S/C17H19N2O2P/c18-17(20)19-13-7-12-16(19)22(21,14-8-3-1-4-9-14)15-10-5-2-6-11-15/h1-6,8-11,16H,7,12-13H2,(H2,18,20). The van der Waals surface area contributed by atoms with Gasteiger partial charge in [0, 0.05) is 17.2 Å². The largest absolute Gasteiger partial charge is 0.351 e. The molecule has 0 saturated carbocycles. The molecule has 0 bridgehead atoms. The van der Waals surface area contributed by atoms with Crippen molar-refractivity contribution in [1.82, 2.24) is 4.90 Å². The maximum absolute atomic E-state index is 14.1. The molecule has 0 spiro atoms. The van der Waals surface area contributed by atoms with Gasteiger partial charge >= 0.3 is 6.03 Å². The molecule has 4 nitrogen and oxygen atoms in total. The summed E-state index contributed by atoms with van der Waals surface area (Å²) in [5, 5.41) is 1.55. The SMILES string of the molecule is NC(=O)N1CCCC1P(=O)(c1ccccc1)c1ccccc1. The number of urea groups is 1. The number of nitrogens with two attached hydrogens (primary N) is 1. The van der Waals surface area contributed by atoms with Crippen LogP contribution in [0.4, 0.5) is 4.79 Å². The van der Waals surface area contributed by atoms with Gasteiger partial charge in [-0.25, -0.2) is 4.79 Å². The molecule has 1 aliphatic heterocycles. The molecule has 3 rings (SSSR count). The molecule has 0 aliphatic carbocycles. The van der Waals surface area contributed by atoms with Crippen LogP contribution in [-0.4, -0.2) is 23.3 Å². The fourth-order valence-corrected chi connectivity index (χ4v) is 6.56. The van der Waals surface area contributed by atoms with Crippen LogP contribution in [0.15, 0.2) is 60.7 Å². The Morgan fingerprint density at radius 1 is 1.00 bits per heavy atom. The van der Waals surface area contributed by atoms with Gasteiger partial charge in [0.1, 0.15) is 0 Å². The number of hydrogen-bond acceptors (Lipinski definition) is 2. The average Bonchev–Trinajstić information content (AvgIpc) is 3.06. The molecule has 1 fully saturated rings. The minimum atomic E-state index is -2.96. The second kappa shape index (κ2) is 5.98. The molecule has 0 aromatic heterocycles. The van der Waals surface area contributed by atoms with Gasteiger partial charge in [-0.2, -0.15) is 0 Å². The van der Waals surface area contributed by atoms with E-state index < -0.39 is 13.2 Å². The topological polar surface area (TPSA) is 63.4 Å². The molecule has 1 saturated heterocycles.